The molecule has 0 heterocycles. The van der Waals surface area contributed by atoms with Crippen molar-refractivity contribution in [2.24, 2.45) is 0 Å². The van der Waals surface area contributed by atoms with Gasteiger partial charge in [0.25, 0.3) is 0 Å². The smallest absolute Gasteiger partial charge is 0.320 e. The van der Waals surface area contributed by atoms with Gasteiger partial charge >= 0.3 is 5.97 Å². The molecule has 0 aliphatic rings. The van der Waals surface area contributed by atoms with Crippen LogP contribution in [-0.2, 0) is 14.3 Å². The lowest BCUT2D eigenvalue weighted by Crippen LogP contribution is -2.40. The number of hydrogen-bond donors (Lipinski definition) is 1. The Kier molecular flexibility index (Phi) is 6.49. The minimum atomic E-state index is -0.236. The van der Waals surface area contributed by atoms with E-state index in [-0.39, 0.29) is 18.1 Å². The summed E-state index contributed by atoms with van der Waals surface area (Å²) in [4.78, 5) is 11.1. The van der Waals surface area contributed by atoms with E-state index >= 15 is 0 Å². The molecule has 0 saturated carbocycles. The highest BCUT2D eigenvalue weighted by Crippen LogP contribution is 1.97. The zero-order valence-corrected chi connectivity index (χ0v) is 9.55. The van der Waals surface area contributed by atoms with E-state index in [0.717, 1.165) is 0 Å². The summed E-state index contributed by atoms with van der Waals surface area (Å²) in [6.45, 7) is 9.61. The van der Waals surface area contributed by atoms with Crippen molar-refractivity contribution in [3.8, 4) is 0 Å². The molecular weight excluding hydrogens is 182 g/mol. The van der Waals surface area contributed by atoms with Crippen LogP contribution in [0.2, 0.25) is 0 Å². The Hall–Kier alpha value is -0.610. The fourth-order valence-electron chi connectivity index (χ4n) is 0.747. The lowest BCUT2D eigenvalue weighted by molar-refractivity contribution is -0.144. The van der Waals surface area contributed by atoms with Gasteiger partial charge in [-0.1, -0.05) is 0 Å². The van der Waals surface area contributed by atoms with Crippen LogP contribution in [0, 0.1) is 0 Å². The SMILES string of the molecule is CCOCCOC(=O)CNC(C)(C)C. The summed E-state index contributed by atoms with van der Waals surface area (Å²) in [5, 5.41) is 3.05. The highest BCUT2D eigenvalue weighted by atomic mass is 16.6. The van der Waals surface area contributed by atoms with Crippen LogP contribution >= 0.6 is 0 Å². The summed E-state index contributed by atoms with van der Waals surface area (Å²) in [6, 6.07) is 0. The Morgan fingerprint density at radius 1 is 1.29 bits per heavy atom. The Balaban J connectivity index is 3.38. The largest absolute Gasteiger partial charge is 0.462 e. The number of carbonyl (C=O) groups excluding carboxylic acids is 1. The lowest BCUT2D eigenvalue weighted by Gasteiger charge is -2.19. The molecule has 84 valence electrons. The molecule has 0 unspecified atom stereocenters. The molecule has 0 rings (SSSR count). The monoisotopic (exact) mass is 203 g/mol. The van der Waals surface area contributed by atoms with Gasteiger partial charge in [0.15, 0.2) is 0 Å². The number of nitrogens with one attached hydrogen (secondary N) is 1. The molecule has 0 bridgehead atoms. The van der Waals surface area contributed by atoms with Gasteiger partial charge in [-0.15, -0.1) is 0 Å². The molecule has 0 amide bonds. The number of ether oxygens (including phenoxy) is 2. The fraction of sp³-hybridized carbons (Fsp3) is 0.900. The summed E-state index contributed by atoms with van der Waals surface area (Å²) in [6.07, 6.45) is 0. The van der Waals surface area contributed by atoms with Crippen LogP contribution in [0.5, 0.6) is 0 Å². The van der Waals surface area contributed by atoms with E-state index in [2.05, 4.69) is 5.32 Å². The molecule has 0 aromatic carbocycles. The number of carbonyl (C=O) groups is 1. The van der Waals surface area contributed by atoms with Gasteiger partial charge in [0.05, 0.1) is 13.2 Å². The van der Waals surface area contributed by atoms with Gasteiger partial charge in [0.2, 0.25) is 0 Å². The van der Waals surface area contributed by atoms with E-state index in [4.69, 9.17) is 9.47 Å². The fourth-order valence-corrected chi connectivity index (χ4v) is 0.747. The lowest BCUT2D eigenvalue weighted by atomic mass is 10.1. The van der Waals surface area contributed by atoms with Crippen molar-refractivity contribution < 1.29 is 14.3 Å². The molecule has 1 N–H and O–H groups in total. The predicted octanol–water partition coefficient (Wildman–Crippen LogP) is 0.954. The van der Waals surface area contributed by atoms with Gasteiger partial charge in [-0.2, -0.15) is 0 Å². The minimum absolute atomic E-state index is 0.0566. The molecule has 0 saturated heterocycles. The van der Waals surface area contributed by atoms with Crippen LogP contribution in [0.3, 0.4) is 0 Å². The third-order valence-corrected chi connectivity index (χ3v) is 1.46. The van der Waals surface area contributed by atoms with Crippen LogP contribution in [0.1, 0.15) is 27.7 Å². The zero-order valence-electron chi connectivity index (χ0n) is 9.55. The molecule has 0 fully saturated rings. The number of esters is 1. The first-order valence-corrected chi connectivity index (χ1v) is 4.94. The Morgan fingerprint density at radius 3 is 2.43 bits per heavy atom. The van der Waals surface area contributed by atoms with E-state index in [1.165, 1.54) is 0 Å². The maximum absolute atomic E-state index is 11.1. The van der Waals surface area contributed by atoms with Gasteiger partial charge in [-0.25, -0.2) is 0 Å². The van der Waals surface area contributed by atoms with Crippen LogP contribution in [0.4, 0.5) is 0 Å². The summed E-state index contributed by atoms with van der Waals surface area (Å²) >= 11 is 0. The summed E-state index contributed by atoms with van der Waals surface area (Å²) in [5.74, 6) is -0.236. The minimum Gasteiger partial charge on any atom is -0.462 e. The molecule has 0 aromatic rings. The molecule has 0 radical (unpaired) electrons. The van der Waals surface area contributed by atoms with E-state index in [9.17, 15) is 4.79 Å². The molecule has 0 aliphatic heterocycles. The summed E-state index contributed by atoms with van der Waals surface area (Å²) in [7, 11) is 0. The standard InChI is InChI=1S/C10H21NO3/c1-5-13-6-7-14-9(12)8-11-10(2,3)4/h11H,5-8H2,1-4H3. The molecule has 0 spiro atoms. The molecule has 4 heteroatoms. The van der Waals surface area contributed by atoms with Crippen molar-refractivity contribution in [3.05, 3.63) is 0 Å². The third-order valence-electron chi connectivity index (χ3n) is 1.46. The average molecular weight is 203 g/mol. The van der Waals surface area contributed by atoms with E-state index < -0.39 is 0 Å². The highest BCUT2D eigenvalue weighted by Gasteiger charge is 2.11. The Labute approximate surface area is 86.0 Å². The van der Waals surface area contributed by atoms with Crippen molar-refractivity contribution in [3.63, 3.8) is 0 Å². The average Bonchev–Trinajstić information content (AvgIpc) is 2.08. The van der Waals surface area contributed by atoms with E-state index in [1.807, 2.05) is 27.7 Å². The topological polar surface area (TPSA) is 47.6 Å². The second-order valence-electron chi connectivity index (χ2n) is 4.02. The van der Waals surface area contributed by atoms with E-state index in [0.29, 0.717) is 19.8 Å². The Bertz CT molecular complexity index is 163. The van der Waals surface area contributed by atoms with Crippen molar-refractivity contribution in [2.75, 3.05) is 26.4 Å². The first-order valence-electron chi connectivity index (χ1n) is 4.94. The van der Waals surface area contributed by atoms with Crippen molar-refractivity contribution in [1.29, 1.82) is 0 Å². The molecule has 4 nitrogen and oxygen atoms in total. The van der Waals surface area contributed by atoms with Gasteiger partial charge in [-0.05, 0) is 27.7 Å². The third kappa shape index (κ3) is 9.48. The van der Waals surface area contributed by atoms with E-state index in [1.54, 1.807) is 0 Å². The number of hydrogen-bond acceptors (Lipinski definition) is 4. The second kappa shape index (κ2) is 6.79. The highest BCUT2D eigenvalue weighted by molar-refractivity contribution is 5.71. The van der Waals surface area contributed by atoms with Crippen LogP contribution in [-0.4, -0.2) is 37.9 Å². The van der Waals surface area contributed by atoms with Gasteiger partial charge in [0.1, 0.15) is 6.61 Å². The normalized spacial score (nSPS) is 11.4. The first kappa shape index (κ1) is 13.4. The molecule has 0 aliphatic carbocycles. The molecule has 0 aromatic heterocycles. The predicted molar refractivity (Wildman–Crippen MR) is 55.2 cm³/mol. The number of rotatable bonds is 6. The van der Waals surface area contributed by atoms with Gasteiger partial charge in [0, 0.05) is 12.1 Å². The van der Waals surface area contributed by atoms with Crippen molar-refractivity contribution >= 4 is 5.97 Å². The van der Waals surface area contributed by atoms with Gasteiger partial charge in [-0.3, -0.25) is 4.79 Å². The van der Waals surface area contributed by atoms with Crippen LogP contribution in [0.25, 0.3) is 0 Å². The Morgan fingerprint density at radius 2 is 1.93 bits per heavy atom. The second-order valence-corrected chi connectivity index (χ2v) is 4.02. The maximum Gasteiger partial charge on any atom is 0.320 e. The zero-order chi connectivity index (χ0) is 11.0. The van der Waals surface area contributed by atoms with Crippen LogP contribution < -0.4 is 5.32 Å². The molecular formula is C10H21NO3. The summed E-state index contributed by atoms with van der Waals surface area (Å²) < 4.78 is 9.94. The van der Waals surface area contributed by atoms with Crippen molar-refractivity contribution in [2.45, 2.75) is 33.2 Å². The van der Waals surface area contributed by atoms with Gasteiger partial charge < -0.3 is 14.8 Å². The van der Waals surface area contributed by atoms with Crippen molar-refractivity contribution in [1.82, 2.24) is 5.32 Å². The molecule has 0 atom stereocenters. The summed E-state index contributed by atoms with van der Waals surface area (Å²) in [5.41, 5.74) is -0.0566. The maximum atomic E-state index is 11.1. The quantitative estimate of drug-likeness (QED) is 0.516. The van der Waals surface area contributed by atoms with Crippen LogP contribution in [0.15, 0.2) is 0 Å². The first-order chi connectivity index (χ1) is 6.45. The molecule has 14 heavy (non-hydrogen) atoms.